The predicted molar refractivity (Wildman–Crippen MR) is 81.9 cm³/mol. The zero-order chi connectivity index (χ0) is 14.8. The van der Waals surface area contributed by atoms with Gasteiger partial charge in [0, 0.05) is 19.0 Å². The molecular formula is C16H20N2O3. The summed E-state index contributed by atoms with van der Waals surface area (Å²) < 4.78 is 10.6. The second-order valence-electron chi connectivity index (χ2n) is 5.31. The Bertz CT molecular complexity index is 632. The monoisotopic (exact) mass is 288 g/mol. The molecule has 21 heavy (non-hydrogen) atoms. The first-order valence-corrected chi connectivity index (χ1v) is 7.10. The van der Waals surface area contributed by atoms with E-state index in [0.717, 1.165) is 35.4 Å². The van der Waals surface area contributed by atoms with Crippen LogP contribution >= 0.6 is 0 Å². The summed E-state index contributed by atoms with van der Waals surface area (Å²) in [4.78, 5) is 6.83. The smallest absolute Gasteiger partial charge is 0.129 e. The van der Waals surface area contributed by atoms with Crippen LogP contribution in [0.4, 0.5) is 5.82 Å². The van der Waals surface area contributed by atoms with E-state index in [4.69, 9.17) is 14.5 Å². The van der Waals surface area contributed by atoms with Gasteiger partial charge in [0.2, 0.25) is 0 Å². The number of aliphatic hydroxyl groups excluding tert-OH is 1. The summed E-state index contributed by atoms with van der Waals surface area (Å²) in [6.07, 6.45) is 0.977. The minimum atomic E-state index is 0.0677. The van der Waals surface area contributed by atoms with Gasteiger partial charge in [0.1, 0.15) is 11.6 Å². The van der Waals surface area contributed by atoms with Crippen molar-refractivity contribution in [1.82, 2.24) is 4.98 Å². The van der Waals surface area contributed by atoms with Crippen molar-refractivity contribution in [3.63, 3.8) is 0 Å². The molecule has 1 aliphatic rings. The number of ether oxygens (including phenoxy) is 2. The van der Waals surface area contributed by atoms with Gasteiger partial charge >= 0.3 is 0 Å². The molecular weight excluding hydrogens is 268 g/mol. The maximum absolute atomic E-state index is 9.55. The van der Waals surface area contributed by atoms with Crippen molar-refractivity contribution < 1.29 is 14.6 Å². The van der Waals surface area contributed by atoms with Crippen molar-refractivity contribution in [2.24, 2.45) is 0 Å². The number of hydrogen-bond donors (Lipinski definition) is 1. The van der Waals surface area contributed by atoms with E-state index in [9.17, 15) is 5.11 Å². The van der Waals surface area contributed by atoms with Gasteiger partial charge in [-0.1, -0.05) is 0 Å². The lowest BCUT2D eigenvalue weighted by Crippen LogP contribution is -2.33. The molecule has 0 amide bonds. The van der Waals surface area contributed by atoms with Gasteiger partial charge in [-0.15, -0.1) is 0 Å². The van der Waals surface area contributed by atoms with Crippen LogP contribution in [0.15, 0.2) is 30.3 Å². The zero-order valence-corrected chi connectivity index (χ0v) is 12.3. The molecule has 0 aliphatic carbocycles. The van der Waals surface area contributed by atoms with E-state index in [1.807, 2.05) is 30.3 Å². The Morgan fingerprint density at radius 3 is 2.86 bits per heavy atom. The van der Waals surface area contributed by atoms with E-state index in [1.54, 1.807) is 14.2 Å². The fourth-order valence-electron chi connectivity index (χ4n) is 2.88. The molecule has 112 valence electrons. The number of fused-ring (bicyclic) bond motifs is 1. The Morgan fingerprint density at radius 1 is 1.29 bits per heavy atom. The lowest BCUT2D eigenvalue weighted by Gasteiger charge is -2.24. The highest BCUT2D eigenvalue weighted by Gasteiger charge is 2.32. The van der Waals surface area contributed by atoms with Crippen molar-refractivity contribution in [2.75, 3.05) is 32.3 Å². The van der Waals surface area contributed by atoms with E-state index in [2.05, 4.69) is 4.90 Å². The van der Waals surface area contributed by atoms with Crippen molar-refractivity contribution in [3.8, 4) is 5.75 Å². The SMILES string of the molecule is COc1ccc2nc(N3C[C@@H](OC)C[C@H]3CO)ccc2c1. The third-order valence-corrected chi connectivity index (χ3v) is 4.10. The van der Waals surface area contributed by atoms with Crippen LogP contribution in [0.25, 0.3) is 10.9 Å². The van der Waals surface area contributed by atoms with Crippen LogP contribution in [0.2, 0.25) is 0 Å². The summed E-state index contributed by atoms with van der Waals surface area (Å²) in [5.41, 5.74) is 0.922. The number of nitrogens with zero attached hydrogens (tertiary/aromatic N) is 2. The number of anilines is 1. The number of aliphatic hydroxyl groups is 1. The maximum atomic E-state index is 9.55. The van der Waals surface area contributed by atoms with Crippen LogP contribution in [0, 0.1) is 0 Å². The number of pyridine rings is 1. The molecule has 2 aromatic rings. The fraction of sp³-hybridized carbons (Fsp3) is 0.438. The quantitative estimate of drug-likeness (QED) is 0.930. The second kappa shape index (κ2) is 5.87. The summed E-state index contributed by atoms with van der Waals surface area (Å²) in [5, 5.41) is 10.6. The highest BCUT2D eigenvalue weighted by Crippen LogP contribution is 2.28. The van der Waals surface area contributed by atoms with E-state index < -0.39 is 0 Å². The third-order valence-electron chi connectivity index (χ3n) is 4.10. The Morgan fingerprint density at radius 2 is 2.14 bits per heavy atom. The maximum Gasteiger partial charge on any atom is 0.129 e. The highest BCUT2D eigenvalue weighted by atomic mass is 16.5. The number of hydrogen-bond acceptors (Lipinski definition) is 5. The molecule has 2 heterocycles. The lowest BCUT2D eigenvalue weighted by molar-refractivity contribution is 0.115. The Labute approximate surface area is 124 Å². The Kier molecular flexibility index (Phi) is 3.94. The number of methoxy groups -OCH3 is 2. The number of rotatable bonds is 4. The van der Waals surface area contributed by atoms with Gasteiger partial charge in [-0.3, -0.25) is 0 Å². The van der Waals surface area contributed by atoms with Crippen LogP contribution in [0.1, 0.15) is 6.42 Å². The Balaban J connectivity index is 1.93. The fourth-order valence-corrected chi connectivity index (χ4v) is 2.88. The molecule has 1 N–H and O–H groups in total. The average Bonchev–Trinajstić information content (AvgIpc) is 2.97. The number of benzene rings is 1. The molecule has 1 aliphatic heterocycles. The molecule has 0 spiro atoms. The molecule has 5 nitrogen and oxygen atoms in total. The van der Waals surface area contributed by atoms with Gasteiger partial charge in [-0.2, -0.15) is 0 Å². The predicted octanol–water partition coefficient (Wildman–Crippen LogP) is 1.83. The van der Waals surface area contributed by atoms with Gasteiger partial charge in [0.15, 0.2) is 0 Å². The first-order valence-electron chi connectivity index (χ1n) is 7.10. The van der Waals surface area contributed by atoms with Crippen molar-refractivity contribution in [3.05, 3.63) is 30.3 Å². The van der Waals surface area contributed by atoms with E-state index >= 15 is 0 Å². The molecule has 0 unspecified atom stereocenters. The number of aromatic nitrogens is 1. The minimum absolute atomic E-state index is 0.0677. The highest BCUT2D eigenvalue weighted by molar-refractivity contribution is 5.82. The molecule has 1 aromatic carbocycles. The first-order chi connectivity index (χ1) is 10.2. The molecule has 0 radical (unpaired) electrons. The van der Waals surface area contributed by atoms with Crippen LogP contribution in [-0.4, -0.2) is 49.6 Å². The Hall–Kier alpha value is -1.85. The van der Waals surface area contributed by atoms with Gasteiger partial charge in [-0.05, 0) is 36.8 Å². The standard InChI is InChI=1S/C16H20N2O3/c1-20-13-4-5-15-11(7-13)3-6-16(17-15)18-9-14(21-2)8-12(18)10-19/h3-7,12,14,19H,8-10H2,1-2H3/t12-,14-/m0/s1. The summed E-state index contributed by atoms with van der Waals surface area (Å²) >= 11 is 0. The largest absolute Gasteiger partial charge is 0.497 e. The molecule has 3 rings (SSSR count). The van der Waals surface area contributed by atoms with Gasteiger partial charge in [0.05, 0.1) is 31.4 Å². The molecule has 1 aromatic heterocycles. The summed E-state index contributed by atoms with van der Waals surface area (Å²) in [5.74, 6) is 1.71. The lowest BCUT2D eigenvalue weighted by atomic mass is 10.2. The van der Waals surface area contributed by atoms with E-state index in [1.165, 1.54) is 0 Å². The van der Waals surface area contributed by atoms with Crippen LogP contribution in [0.3, 0.4) is 0 Å². The van der Waals surface area contributed by atoms with Crippen molar-refractivity contribution in [1.29, 1.82) is 0 Å². The van der Waals surface area contributed by atoms with Crippen LogP contribution < -0.4 is 9.64 Å². The van der Waals surface area contributed by atoms with Gasteiger partial charge in [-0.25, -0.2) is 4.98 Å². The molecule has 1 fully saturated rings. The average molecular weight is 288 g/mol. The minimum Gasteiger partial charge on any atom is -0.497 e. The zero-order valence-electron chi connectivity index (χ0n) is 12.3. The first kappa shape index (κ1) is 14.1. The molecule has 1 saturated heterocycles. The van der Waals surface area contributed by atoms with E-state index in [-0.39, 0.29) is 18.8 Å². The van der Waals surface area contributed by atoms with Crippen LogP contribution in [-0.2, 0) is 4.74 Å². The molecule has 0 bridgehead atoms. The second-order valence-corrected chi connectivity index (χ2v) is 5.31. The summed E-state index contributed by atoms with van der Waals surface area (Å²) in [6, 6.07) is 9.92. The van der Waals surface area contributed by atoms with Gasteiger partial charge < -0.3 is 19.5 Å². The molecule has 2 atom stereocenters. The summed E-state index contributed by atoms with van der Waals surface area (Å²) in [6.45, 7) is 0.874. The molecule has 0 saturated carbocycles. The van der Waals surface area contributed by atoms with Crippen LogP contribution in [0.5, 0.6) is 5.75 Å². The normalized spacial score (nSPS) is 22.0. The van der Waals surface area contributed by atoms with Crippen molar-refractivity contribution >= 4 is 16.7 Å². The van der Waals surface area contributed by atoms with Gasteiger partial charge in [0.25, 0.3) is 0 Å². The van der Waals surface area contributed by atoms with Crippen molar-refractivity contribution in [2.45, 2.75) is 18.6 Å². The molecule has 5 heteroatoms. The van der Waals surface area contributed by atoms with E-state index in [0.29, 0.717) is 0 Å². The summed E-state index contributed by atoms with van der Waals surface area (Å²) in [7, 11) is 3.37. The third kappa shape index (κ3) is 2.66. The topological polar surface area (TPSA) is 54.8 Å².